The summed E-state index contributed by atoms with van der Waals surface area (Å²) in [6.45, 7) is 0. The molecule has 5 nitrogen and oxygen atoms in total. The highest BCUT2D eigenvalue weighted by molar-refractivity contribution is 9.10. The van der Waals surface area contributed by atoms with E-state index in [1.165, 1.54) is 0 Å². The van der Waals surface area contributed by atoms with Gasteiger partial charge in [-0.15, -0.1) is 0 Å². The summed E-state index contributed by atoms with van der Waals surface area (Å²) in [5.74, 6) is -1.57. The van der Waals surface area contributed by atoms with E-state index in [0.717, 1.165) is 4.47 Å². The highest BCUT2D eigenvalue weighted by Crippen LogP contribution is 2.29. The second-order valence-corrected chi connectivity index (χ2v) is 4.18. The molecular weight excluding hydrogens is 299 g/mol. The number of carboxylic acids is 1. The van der Waals surface area contributed by atoms with E-state index in [2.05, 4.69) is 26.1 Å². The van der Waals surface area contributed by atoms with Crippen molar-refractivity contribution in [3.63, 3.8) is 0 Å². The molecule has 0 saturated carbocycles. The standard InChI is InChI=1S/C9H4BrClN2O3/c10-4-1-2-6(11)5(3-4)8-12-7(9(14)15)13-16-8/h1-3H,(H,14,15). The highest BCUT2D eigenvalue weighted by atomic mass is 79.9. The fourth-order valence-electron chi connectivity index (χ4n) is 1.08. The quantitative estimate of drug-likeness (QED) is 0.923. The maximum atomic E-state index is 10.6. The molecule has 0 spiro atoms. The summed E-state index contributed by atoms with van der Waals surface area (Å²) in [4.78, 5) is 14.3. The van der Waals surface area contributed by atoms with Crippen LogP contribution < -0.4 is 0 Å². The van der Waals surface area contributed by atoms with Crippen molar-refractivity contribution >= 4 is 33.5 Å². The third kappa shape index (κ3) is 2.07. The van der Waals surface area contributed by atoms with E-state index in [1.54, 1.807) is 18.2 Å². The van der Waals surface area contributed by atoms with Crippen molar-refractivity contribution in [3.8, 4) is 11.5 Å². The third-order valence-electron chi connectivity index (χ3n) is 1.78. The molecule has 1 aromatic heterocycles. The van der Waals surface area contributed by atoms with Gasteiger partial charge < -0.3 is 9.63 Å². The summed E-state index contributed by atoms with van der Waals surface area (Å²) >= 11 is 9.19. The molecule has 2 aromatic rings. The van der Waals surface area contributed by atoms with Crippen LogP contribution in [-0.2, 0) is 0 Å². The number of carboxylic acid groups (broad SMARTS) is 1. The number of nitrogens with zero attached hydrogens (tertiary/aromatic N) is 2. The Morgan fingerprint density at radius 1 is 1.50 bits per heavy atom. The minimum absolute atomic E-state index is 0.0729. The summed E-state index contributed by atoms with van der Waals surface area (Å²) in [5.41, 5.74) is 0.482. The summed E-state index contributed by atoms with van der Waals surface area (Å²) in [7, 11) is 0. The molecule has 7 heteroatoms. The van der Waals surface area contributed by atoms with Crippen LogP contribution in [-0.4, -0.2) is 21.2 Å². The molecule has 2 rings (SSSR count). The average Bonchev–Trinajstić information content (AvgIpc) is 2.70. The molecular formula is C9H4BrClN2O3. The zero-order chi connectivity index (χ0) is 11.7. The van der Waals surface area contributed by atoms with Gasteiger partial charge in [0.1, 0.15) is 0 Å². The molecule has 0 saturated heterocycles. The lowest BCUT2D eigenvalue weighted by Crippen LogP contribution is -1.98. The number of halogens is 2. The smallest absolute Gasteiger partial charge is 0.377 e. The van der Waals surface area contributed by atoms with Gasteiger partial charge >= 0.3 is 5.97 Å². The van der Waals surface area contributed by atoms with E-state index >= 15 is 0 Å². The van der Waals surface area contributed by atoms with Crippen LogP contribution in [0.5, 0.6) is 0 Å². The second kappa shape index (κ2) is 4.23. The van der Waals surface area contributed by atoms with Crippen molar-refractivity contribution in [2.75, 3.05) is 0 Å². The van der Waals surface area contributed by atoms with Crippen molar-refractivity contribution in [1.82, 2.24) is 10.1 Å². The molecule has 0 aliphatic heterocycles. The molecule has 0 atom stereocenters. The molecule has 0 amide bonds. The normalized spacial score (nSPS) is 10.4. The van der Waals surface area contributed by atoms with Gasteiger partial charge in [-0.1, -0.05) is 27.5 Å². The van der Waals surface area contributed by atoms with Gasteiger partial charge in [0.05, 0.1) is 10.6 Å². The van der Waals surface area contributed by atoms with Gasteiger partial charge in [0.15, 0.2) is 0 Å². The maximum absolute atomic E-state index is 10.6. The van der Waals surface area contributed by atoms with Crippen molar-refractivity contribution in [2.24, 2.45) is 0 Å². The summed E-state index contributed by atoms with van der Waals surface area (Å²) in [6, 6.07) is 5.06. The van der Waals surface area contributed by atoms with Gasteiger partial charge in [-0.05, 0) is 23.4 Å². The summed E-state index contributed by atoms with van der Waals surface area (Å²) in [5, 5.41) is 12.4. The lowest BCUT2D eigenvalue weighted by atomic mass is 10.2. The third-order valence-corrected chi connectivity index (χ3v) is 2.60. The van der Waals surface area contributed by atoms with E-state index in [-0.39, 0.29) is 5.89 Å². The van der Waals surface area contributed by atoms with E-state index in [9.17, 15) is 4.79 Å². The Morgan fingerprint density at radius 3 is 2.88 bits per heavy atom. The first kappa shape index (κ1) is 11.1. The Kier molecular flexibility index (Phi) is 2.93. The number of benzene rings is 1. The van der Waals surface area contributed by atoms with Crippen molar-refractivity contribution < 1.29 is 14.4 Å². The first-order valence-electron chi connectivity index (χ1n) is 4.10. The average molecular weight is 303 g/mol. The predicted molar refractivity (Wildman–Crippen MR) is 59.4 cm³/mol. The summed E-state index contributed by atoms with van der Waals surface area (Å²) < 4.78 is 5.58. The Hall–Kier alpha value is -1.40. The van der Waals surface area contributed by atoms with Crippen LogP contribution in [0.4, 0.5) is 0 Å². The molecule has 0 radical (unpaired) electrons. The largest absolute Gasteiger partial charge is 0.475 e. The molecule has 1 heterocycles. The molecule has 0 aliphatic carbocycles. The van der Waals surface area contributed by atoms with Gasteiger partial charge in [0.25, 0.3) is 11.7 Å². The van der Waals surface area contributed by atoms with E-state index in [0.29, 0.717) is 10.6 Å². The Morgan fingerprint density at radius 2 is 2.25 bits per heavy atom. The number of aromatic carboxylic acids is 1. The fraction of sp³-hybridized carbons (Fsp3) is 0. The number of hydrogen-bond acceptors (Lipinski definition) is 4. The zero-order valence-corrected chi connectivity index (χ0v) is 9.99. The van der Waals surface area contributed by atoms with Crippen LogP contribution in [0.25, 0.3) is 11.5 Å². The Balaban J connectivity index is 2.50. The lowest BCUT2D eigenvalue weighted by molar-refractivity contribution is 0.0680. The Bertz CT molecular complexity index is 555. The number of carbonyl (C=O) groups is 1. The topological polar surface area (TPSA) is 76.2 Å². The van der Waals surface area contributed by atoms with Crippen LogP contribution in [0.15, 0.2) is 27.2 Å². The molecule has 82 valence electrons. The molecule has 0 unspecified atom stereocenters. The van der Waals surface area contributed by atoms with E-state index < -0.39 is 11.8 Å². The van der Waals surface area contributed by atoms with Gasteiger partial charge in [0.2, 0.25) is 0 Å². The van der Waals surface area contributed by atoms with Crippen molar-refractivity contribution in [2.45, 2.75) is 0 Å². The first-order valence-corrected chi connectivity index (χ1v) is 5.27. The highest BCUT2D eigenvalue weighted by Gasteiger charge is 2.16. The van der Waals surface area contributed by atoms with Gasteiger partial charge in [0, 0.05) is 4.47 Å². The molecule has 1 aromatic carbocycles. The molecule has 0 bridgehead atoms. The number of rotatable bonds is 2. The van der Waals surface area contributed by atoms with Gasteiger partial charge in [-0.25, -0.2) is 4.79 Å². The van der Waals surface area contributed by atoms with Crippen LogP contribution in [0.1, 0.15) is 10.6 Å². The molecule has 16 heavy (non-hydrogen) atoms. The first-order chi connectivity index (χ1) is 7.58. The Labute approximate surface area is 103 Å². The molecule has 0 aliphatic rings. The summed E-state index contributed by atoms with van der Waals surface area (Å²) in [6.07, 6.45) is 0. The van der Waals surface area contributed by atoms with Crippen LogP contribution >= 0.6 is 27.5 Å². The fourth-order valence-corrected chi connectivity index (χ4v) is 1.64. The van der Waals surface area contributed by atoms with Crippen molar-refractivity contribution in [1.29, 1.82) is 0 Å². The predicted octanol–water partition coefficient (Wildman–Crippen LogP) is 2.85. The lowest BCUT2D eigenvalue weighted by Gasteiger charge is -1.98. The van der Waals surface area contributed by atoms with Gasteiger partial charge in [-0.2, -0.15) is 4.98 Å². The van der Waals surface area contributed by atoms with E-state index in [1.807, 2.05) is 0 Å². The van der Waals surface area contributed by atoms with Crippen LogP contribution in [0, 0.1) is 0 Å². The SMILES string of the molecule is O=C(O)c1noc(-c2cc(Br)ccc2Cl)n1. The van der Waals surface area contributed by atoms with Crippen LogP contribution in [0.3, 0.4) is 0 Å². The number of aromatic nitrogens is 2. The van der Waals surface area contributed by atoms with E-state index in [4.69, 9.17) is 21.2 Å². The minimum Gasteiger partial charge on any atom is -0.475 e. The minimum atomic E-state index is -1.25. The molecule has 0 fully saturated rings. The number of hydrogen-bond donors (Lipinski definition) is 1. The second-order valence-electron chi connectivity index (χ2n) is 2.85. The van der Waals surface area contributed by atoms with Crippen molar-refractivity contribution in [3.05, 3.63) is 33.5 Å². The maximum Gasteiger partial charge on any atom is 0.377 e. The van der Waals surface area contributed by atoms with Gasteiger partial charge in [-0.3, -0.25) is 0 Å². The molecule has 1 N–H and O–H groups in total. The zero-order valence-electron chi connectivity index (χ0n) is 7.65. The van der Waals surface area contributed by atoms with Crippen LogP contribution in [0.2, 0.25) is 5.02 Å². The monoisotopic (exact) mass is 302 g/mol.